The van der Waals surface area contributed by atoms with Gasteiger partial charge >= 0.3 is 0 Å². The molecule has 2 aromatic carbocycles. The van der Waals surface area contributed by atoms with Crippen LogP contribution >= 0.6 is 15.9 Å². The van der Waals surface area contributed by atoms with Crippen LogP contribution in [-0.4, -0.2) is 13.0 Å². The Balaban J connectivity index is 2.35. The topological polar surface area (TPSA) is 38.3 Å². The molecule has 2 rings (SSSR count). The molecule has 0 atom stereocenters. The molecular weight excluding hydrogens is 337 g/mol. The fourth-order valence-corrected chi connectivity index (χ4v) is 2.46. The number of benzene rings is 2. The lowest BCUT2D eigenvalue weighted by molar-refractivity contribution is 0.102. The summed E-state index contributed by atoms with van der Waals surface area (Å²) in [5.74, 6) is -0.924. The van der Waals surface area contributed by atoms with Crippen molar-refractivity contribution in [3.05, 3.63) is 57.8 Å². The molecule has 5 heteroatoms. The smallest absolute Gasteiger partial charge is 0.262 e. The number of halogens is 2. The number of nitrogens with one attached hydrogen (secondary N) is 1. The first-order chi connectivity index (χ1) is 10.1. The van der Waals surface area contributed by atoms with Gasteiger partial charge in [0.1, 0.15) is 17.1 Å². The summed E-state index contributed by atoms with van der Waals surface area (Å²) in [6, 6.07) is 9.83. The molecule has 1 amide bonds. The molecule has 110 valence electrons. The molecule has 3 nitrogen and oxygen atoms in total. The Hall–Kier alpha value is -1.88. The maximum absolute atomic E-state index is 13.9. The Morgan fingerprint density at radius 1 is 1.33 bits per heavy atom. The van der Waals surface area contributed by atoms with Crippen molar-refractivity contribution in [2.45, 2.75) is 13.3 Å². The molecule has 0 saturated carbocycles. The highest BCUT2D eigenvalue weighted by molar-refractivity contribution is 9.10. The Morgan fingerprint density at radius 3 is 2.76 bits per heavy atom. The van der Waals surface area contributed by atoms with E-state index >= 15 is 0 Å². The van der Waals surface area contributed by atoms with Crippen LogP contribution in [0.1, 0.15) is 22.8 Å². The van der Waals surface area contributed by atoms with E-state index in [0.717, 1.165) is 16.5 Å². The Bertz CT molecular complexity index is 673. The van der Waals surface area contributed by atoms with Crippen molar-refractivity contribution in [2.75, 3.05) is 12.4 Å². The summed E-state index contributed by atoms with van der Waals surface area (Å²) in [5.41, 5.74) is 1.54. The number of hydrogen-bond acceptors (Lipinski definition) is 2. The first-order valence-corrected chi connectivity index (χ1v) is 7.28. The van der Waals surface area contributed by atoms with E-state index in [-0.39, 0.29) is 11.3 Å². The lowest BCUT2D eigenvalue weighted by Crippen LogP contribution is -2.16. The lowest BCUT2D eigenvalue weighted by Gasteiger charge is -2.13. The summed E-state index contributed by atoms with van der Waals surface area (Å²) < 4.78 is 19.9. The molecule has 2 aromatic rings. The molecule has 0 bridgehead atoms. The van der Waals surface area contributed by atoms with Crippen molar-refractivity contribution < 1.29 is 13.9 Å². The summed E-state index contributed by atoms with van der Waals surface area (Å²) in [4.78, 5) is 12.3. The molecular formula is C16H15BrFNO2. The fraction of sp³-hybridized carbons (Fsp3) is 0.188. The minimum absolute atomic E-state index is 0.0926. The van der Waals surface area contributed by atoms with Crippen LogP contribution < -0.4 is 10.1 Å². The van der Waals surface area contributed by atoms with Gasteiger partial charge in [0.25, 0.3) is 5.91 Å². The monoisotopic (exact) mass is 351 g/mol. The van der Waals surface area contributed by atoms with Crippen molar-refractivity contribution in [2.24, 2.45) is 0 Å². The Morgan fingerprint density at radius 2 is 2.10 bits per heavy atom. The minimum Gasteiger partial charge on any atom is -0.496 e. The van der Waals surface area contributed by atoms with Crippen LogP contribution in [0.25, 0.3) is 0 Å². The molecule has 0 aliphatic heterocycles. The Labute approximate surface area is 131 Å². The van der Waals surface area contributed by atoms with Crippen LogP contribution in [0.2, 0.25) is 0 Å². The third-order valence-corrected chi connectivity index (χ3v) is 3.61. The number of rotatable bonds is 4. The minimum atomic E-state index is -0.609. The number of ether oxygens (including phenoxy) is 1. The number of aryl methyl sites for hydroxylation is 1. The summed E-state index contributed by atoms with van der Waals surface area (Å²) in [5, 5.41) is 2.74. The first kappa shape index (κ1) is 15.5. The quantitative estimate of drug-likeness (QED) is 0.885. The third-order valence-electron chi connectivity index (χ3n) is 3.12. The molecule has 0 unspecified atom stereocenters. The first-order valence-electron chi connectivity index (χ1n) is 6.49. The van der Waals surface area contributed by atoms with Gasteiger partial charge in [-0.1, -0.05) is 28.9 Å². The van der Waals surface area contributed by atoms with Crippen molar-refractivity contribution in [3.8, 4) is 5.75 Å². The van der Waals surface area contributed by atoms with Crippen LogP contribution in [0.4, 0.5) is 10.1 Å². The molecule has 0 saturated heterocycles. The highest BCUT2D eigenvalue weighted by Gasteiger charge is 2.18. The van der Waals surface area contributed by atoms with Crippen molar-refractivity contribution in [1.29, 1.82) is 0 Å². The number of anilines is 1. The molecule has 0 spiro atoms. The molecule has 0 aromatic heterocycles. The van der Waals surface area contributed by atoms with Gasteiger partial charge in [0, 0.05) is 10.2 Å². The molecule has 0 fully saturated rings. The van der Waals surface area contributed by atoms with Gasteiger partial charge in [-0.25, -0.2) is 4.39 Å². The summed E-state index contributed by atoms with van der Waals surface area (Å²) in [6.07, 6.45) is 0.753. The van der Waals surface area contributed by atoms with Crippen molar-refractivity contribution >= 4 is 27.5 Å². The van der Waals surface area contributed by atoms with E-state index in [9.17, 15) is 9.18 Å². The second-order valence-electron chi connectivity index (χ2n) is 4.43. The molecule has 0 aliphatic carbocycles. The van der Waals surface area contributed by atoms with Gasteiger partial charge in [-0.15, -0.1) is 0 Å². The summed E-state index contributed by atoms with van der Waals surface area (Å²) in [7, 11) is 1.41. The van der Waals surface area contributed by atoms with Crippen LogP contribution in [0, 0.1) is 5.82 Å². The van der Waals surface area contributed by atoms with Crippen LogP contribution in [0.5, 0.6) is 5.75 Å². The van der Waals surface area contributed by atoms with E-state index in [1.165, 1.54) is 19.2 Å². The van der Waals surface area contributed by atoms with Gasteiger partial charge in [-0.3, -0.25) is 4.79 Å². The number of hydrogen-bond donors (Lipinski definition) is 1. The van der Waals surface area contributed by atoms with Crippen LogP contribution in [0.15, 0.2) is 40.9 Å². The molecule has 1 N–H and O–H groups in total. The maximum atomic E-state index is 13.9. The SMILES string of the molecule is CCc1cc(Br)ccc1NC(=O)c1c(F)cccc1OC. The van der Waals surface area contributed by atoms with Gasteiger partial charge in [-0.05, 0) is 42.3 Å². The highest BCUT2D eigenvalue weighted by atomic mass is 79.9. The summed E-state index contributed by atoms with van der Waals surface area (Å²) in [6.45, 7) is 1.99. The number of methoxy groups -OCH3 is 1. The van der Waals surface area contributed by atoms with E-state index in [1.807, 2.05) is 19.1 Å². The largest absolute Gasteiger partial charge is 0.496 e. The predicted octanol–water partition coefficient (Wildman–Crippen LogP) is 4.41. The van der Waals surface area contributed by atoms with Gasteiger partial charge in [-0.2, -0.15) is 0 Å². The van der Waals surface area contributed by atoms with E-state index in [4.69, 9.17) is 4.74 Å². The zero-order valence-electron chi connectivity index (χ0n) is 11.7. The van der Waals surface area contributed by atoms with Gasteiger partial charge < -0.3 is 10.1 Å². The van der Waals surface area contributed by atoms with Crippen molar-refractivity contribution in [3.63, 3.8) is 0 Å². The van der Waals surface area contributed by atoms with Gasteiger partial charge in [0.15, 0.2) is 0 Å². The zero-order valence-corrected chi connectivity index (χ0v) is 13.3. The predicted molar refractivity (Wildman–Crippen MR) is 84.4 cm³/mol. The molecule has 0 heterocycles. The average Bonchev–Trinajstić information content (AvgIpc) is 2.48. The third kappa shape index (κ3) is 3.42. The van der Waals surface area contributed by atoms with E-state index < -0.39 is 11.7 Å². The summed E-state index contributed by atoms with van der Waals surface area (Å²) >= 11 is 3.39. The van der Waals surface area contributed by atoms with Crippen LogP contribution in [-0.2, 0) is 6.42 Å². The van der Waals surface area contributed by atoms with E-state index in [1.54, 1.807) is 12.1 Å². The normalized spacial score (nSPS) is 10.3. The second-order valence-corrected chi connectivity index (χ2v) is 5.34. The zero-order chi connectivity index (χ0) is 15.4. The number of carbonyl (C=O) groups excluding carboxylic acids is 1. The van der Waals surface area contributed by atoms with Gasteiger partial charge in [0.2, 0.25) is 0 Å². The van der Waals surface area contributed by atoms with Crippen LogP contribution in [0.3, 0.4) is 0 Å². The number of carbonyl (C=O) groups is 1. The van der Waals surface area contributed by atoms with Gasteiger partial charge in [0.05, 0.1) is 7.11 Å². The fourth-order valence-electron chi connectivity index (χ4n) is 2.06. The molecule has 0 aliphatic rings. The van der Waals surface area contributed by atoms with Crippen molar-refractivity contribution in [1.82, 2.24) is 0 Å². The van der Waals surface area contributed by atoms with E-state index in [0.29, 0.717) is 5.69 Å². The standard InChI is InChI=1S/C16H15BrFNO2/c1-3-10-9-11(17)7-8-13(10)19-16(20)15-12(18)5-4-6-14(15)21-2/h4-9H,3H2,1-2H3,(H,19,20). The molecule has 0 radical (unpaired) electrons. The second kappa shape index (κ2) is 6.72. The van der Waals surface area contributed by atoms with E-state index in [2.05, 4.69) is 21.2 Å². The maximum Gasteiger partial charge on any atom is 0.262 e. The highest BCUT2D eigenvalue weighted by Crippen LogP contribution is 2.25. The average molecular weight is 352 g/mol. The lowest BCUT2D eigenvalue weighted by atomic mass is 10.1. The number of amides is 1. The Kier molecular flexibility index (Phi) is 4.96. The molecule has 21 heavy (non-hydrogen) atoms.